The lowest BCUT2D eigenvalue weighted by Gasteiger charge is -2.42. The Balaban J connectivity index is 1.56. The molecule has 2 aliphatic rings. The quantitative estimate of drug-likeness (QED) is 0.915. The molecule has 2 aliphatic heterocycles. The Kier molecular flexibility index (Phi) is 4.71. The van der Waals surface area contributed by atoms with E-state index in [4.69, 9.17) is 5.73 Å². The van der Waals surface area contributed by atoms with Gasteiger partial charge in [0.25, 0.3) is 0 Å². The maximum absolute atomic E-state index is 6.13. The van der Waals surface area contributed by atoms with Crippen LogP contribution in [0, 0.1) is 0 Å². The summed E-state index contributed by atoms with van der Waals surface area (Å²) in [5.41, 5.74) is 7.57. The number of nitrogens with zero attached hydrogens (tertiary/aromatic N) is 2. The van der Waals surface area contributed by atoms with Crippen molar-refractivity contribution < 1.29 is 0 Å². The van der Waals surface area contributed by atoms with Gasteiger partial charge < -0.3 is 5.73 Å². The van der Waals surface area contributed by atoms with E-state index in [1.807, 2.05) is 0 Å². The van der Waals surface area contributed by atoms with E-state index >= 15 is 0 Å². The molecule has 1 aromatic carbocycles. The van der Waals surface area contributed by atoms with Crippen LogP contribution in [0.15, 0.2) is 30.3 Å². The Morgan fingerprint density at radius 3 is 2.60 bits per heavy atom. The van der Waals surface area contributed by atoms with Gasteiger partial charge in [0.1, 0.15) is 0 Å². The minimum absolute atomic E-state index is 0.397. The number of rotatable bonds is 3. The first-order chi connectivity index (χ1) is 9.81. The van der Waals surface area contributed by atoms with E-state index in [0.717, 1.165) is 19.1 Å². The van der Waals surface area contributed by atoms with Crippen LogP contribution in [0.5, 0.6) is 0 Å². The molecular weight excluding hydrogens is 246 g/mol. The average Bonchev–Trinajstić information content (AvgIpc) is 2.49. The minimum atomic E-state index is 0.397. The van der Waals surface area contributed by atoms with Crippen LogP contribution in [0.4, 0.5) is 0 Å². The van der Waals surface area contributed by atoms with Gasteiger partial charge in [0.15, 0.2) is 0 Å². The van der Waals surface area contributed by atoms with E-state index in [1.165, 1.54) is 50.9 Å². The fourth-order valence-electron chi connectivity index (χ4n) is 3.69. The number of likely N-dealkylation sites (tertiary alicyclic amines) is 2. The van der Waals surface area contributed by atoms with Gasteiger partial charge in [-0.3, -0.25) is 9.80 Å². The largest absolute Gasteiger partial charge is 0.327 e. The van der Waals surface area contributed by atoms with Crippen LogP contribution in [0.3, 0.4) is 0 Å². The summed E-state index contributed by atoms with van der Waals surface area (Å²) >= 11 is 0. The zero-order valence-corrected chi connectivity index (χ0v) is 12.4. The number of hydrogen-bond acceptors (Lipinski definition) is 3. The fourth-order valence-corrected chi connectivity index (χ4v) is 3.69. The minimum Gasteiger partial charge on any atom is -0.327 e. The lowest BCUT2D eigenvalue weighted by molar-refractivity contribution is 0.0732. The molecule has 0 saturated carbocycles. The summed E-state index contributed by atoms with van der Waals surface area (Å²) in [5, 5.41) is 0. The van der Waals surface area contributed by atoms with Crippen LogP contribution < -0.4 is 5.73 Å². The SMILES string of the molecule is NC1CCCN(C2CCCN(Cc3ccccc3)C2)C1. The standard InChI is InChI=1S/C17H27N3/c18-16-8-4-11-20(13-16)17-9-5-10-19(14-17)12-15-6-2-1-3-7-15/h1-3,6-7,16-17H,4-5,8-14,18H2. The molecule has 0 spiro atoms. The monoisotopic (exact) mass is 273 g/mol. The summed E-state index contributed by atoms with van der Waals surface area (Å²) in [4.78, 5) is 5.26. The van der Waals surface area contributed by atoms with Gasteiger partial charge in [-0.2, -0.15) is 0 Å². The first-order valence-electron chi connectivity index (χ1n) is 8.07. The van der Waals surface area contributed by atoms with Crippen LogP contribution in [0.2, 0.25) is 0 Å². The molecule has 3 heteroatoms. The summed E-state index contributed by atoms with van der Waals surface area (Å²) in [6.45, 7) is 5.89. The Morgan fingerprint density at radius 2 is 1.80 bits per heavy atom. The molecule has 0 aromatic heterocycles. The molecule has 2 heterocycles. The van der Waals surface area contributed by atoms with Crippen molar-refractivity contribution in [1.29, 1.82) is 0 Å². The summed E-state index contributed by atoms with van der Waals surface area (Å²) in [6.07, 6.45) is 5.15. The summed E-state index contributed by atoms with van der Waals surface area (Å²) < 4.78 is 0. The van der Waals surface area contributed by atoms with Crippen molar-refractivity contribution in [2.75, 3.05) is 26.2 Å². The molecule has 0 bridgehead atoms. The third-order valence-corrected chi connectivity index (χ3v) is 4.74. The second-order valence-electron chi connectivity index (χ2n) is 6.41. The second-order valence-corrected chi connectivity index (χ2v) is 6.41. The number of benzene rings is 1. The van der Waals surface area contributed by atoms with Crippen molar-refractivity contribution in [3.05, 3.63) is 35.9 Å². The van der Waals surface area contributed by atoms with Gasteiger partial charge >= 0.3 is 0 Å². The van der Waals surface area contributed by atoms with Crippen molar-refractivity contribution in [3.8, 4) is 0 Å². The Bertz CT molecular complexity index is 406. The highest BCUT2D eigenvalue weighted by Gasteiger charge is 2.28. The highest BCUT2D eigenvalue weighted by Crippen LogP contribution is 2.21. The molecule has 0 radical (unpaired) electrons. The number of hydrogen-bond donors (Lipinski definition) is 1. The molecule has 2 N–H and O–H groups in total. The predicted molar refractivity (Wildman–Crippen MR) is 83.5 cm³/mol. The fraction of sp³-hybridized carbons (Fsp3) is 0.647. The molecule has 2 atom stereocenters. The Labute approximate surface area is 122 Å². The lowest BCUT2D eigenvalue weighted by atomic mass is 9.98. The summed E-state index contributed by atoms with van der Waals surface area (Å²) in [6, 6.07) is 12.0. The molecule has 3 nitrogen and oxygen atoms in total. The van der Waals surface area contributed by atoms with Crippen LogP contribution in [-0.4, -0.2) is 48.1 Å². The average molecular weight is 273 g/mol. The van der Waals surface area contributed by atoms with Gasteiger partial charge in [-0.05, 0) is 44.3 Å². The van der Waals surface area contributed by atoms with Gasteiger partial charge in [-0.25, -0.2) is 0 Å². The molecule has 1 aromatic rings. The summed E-state index contributed by atoms with van der Waals surface area (Å²) in [5.74, 6) is 0. The van der Waals surface area contributed by atoms with Gasteiger partial charge in [-0.1, -0.05) is 30.3 Å². The highest BCUT2D eigenvalue weighted by molar-refractivity contribution is 5.14. The van der Waals surface area contributed by atoms with Crippen LogP contribution >= 0.6 is 0 Å². The van der Waals surface area contributed by atoms with Gasteiger partial charge in [-0.15, -0.1) is 0 Å². The molecule has 0 aliphatic carbocycles. The molecule has 2 fully saturated rings. The maximum Gasteiger partial charge on any atom is 0.0234 e. The van der Waals surface area contributed by atoms with Gasteiger partial charge in [0.05, 0.1) is 0 Å². The van der Waals surface area contributed by atoms with Crippen LogP contribution in [0.1, 0.15) is 31.2 Å². The first kappa shape index (κ1) is 14.1. The lowest BCUT2D eigenvalue weighted by Crippen LogP contribution is -2.53. The van der Waals surface area contributed by atoms with E-state index < -0.39 is 0 Å². The van der Waals surface area contributed by atoms with Crippen molar-refractivity contribution in [2.45, 2.75) is 44.3 Å². The van der Waals surface area contributed by atoms with E-state index in [2.05, 4.69) is 40.1 Å². The third-order valence-electron chi connectivity index (χ3n) is 4.74. The van der Waals surface area contributed by atoms with Gasteiger partial charge in [0.2, 0.25) is 0 Å². The molecule has 3 rings (SSSR count). The van der Waals surface area contributed by atoms with Crippen LogP contribution in [-0.2, 0) is 6.54 Å². The van der Waals surface area contributed by atoms with E-state index in [0.29, 0.717) is 6.04 Å². The molecule has 2 unspecified atom stereocenters. The first-order valence-corrected chi connectivity index (χ1v) is 8.07. The molecule has 110 valence electrons. The maximum atomic E-state index is 6.13. The Hall–Kier alpha value is -0.900. The zero-order valence-electron chi connectivity index (χ0n) is 12.4. The topological polar surface area (TPSA) is 32.5 Å². The highest BCUT2D eigenvalue weighted by atomic mass is 15.2. The third kappa shape index (κ3) is 3.60. The Morgan fingerprint density at radius 1 is 1.00 bits per heavy atom. The van der Waals surface area contributed by atoms with Crippen molar-refractivity contribution in [3.63, 3.8) is 0 Å². The molecular formula is C17H27N3. The molecule has 0 amide bonds. The summed E-state index contributed by atoms with van der Waals surface area (Å²) in [7, 11) is 0. The zero-order chi connectivity index (χ0) is 13.8. The normalized spacial score (nSPS) is 29.4. The van der Waals surface area contributed by atoms with E-state index in [-0.39, 0.29) is 0 Å². The second kappa shape index (κ2) is 6.70. The molecule has 20 heavy (non-hydrogen) atoms. The van der Waals surface area contributed by atoms with Crippen molar-refractivity contribution in [2.24, 2.45) is 5.73 Å². The number of nitrogens with two attached hydrogens (primary N) is 1. The van der Waals surface area contributed by atoms with Crippen molar-refractivity contribution in [1.82, 2.24) is 9.80 Å². The number of piperidine rings is 2. The molecule has 2 saturated heterocycles. The van der Waals surface area contributed by atoms with Gasteiger partial charge in [0, 0.05) is 31.7 Å². The van der Waals surface area contributed by atoms with Crippen LogP contribution in [0.25, 0.3) is 0 Å². The van der Waals surface area contributed by atoms with Crippen molar-refractivity contribution >= 4 is 0 Å². The van der Waals surface area contributed by atoms with E-state index in [1.54, 1.807) is 0 Å². The van der Waals surface area contributed by atoms with E-state index in [9.17, 15) is 0 Å². The smallest absolute Gasteiger partial charge is 0.0234 e. The predicted octanol–water partition coefficient (Wildman–Crippen LogP) is 2.07.